The fourth-order valence-electron chi connectivity index (χ4n) is 2.42. The van der Waals surface area contributed by atoms with Crippen LogP contribution < -0.4 is 5.32 Å². The van der Waals surface area contributed by atoms with Crippen molar-refractivity contribution in [2.24, 2.45) is 0 Å². The van der Waals surface area contributed by atoms with Gasteiger partial charge in [-0.05, 0) is 57.2 Å². The SMILES string of the molecule is C=CCCCCCC(CCc1ccccn1)NCCC. The number of allylic oxidation sites excluding steroid dienone is 1. The Hall–Kier alpha value is -1.15. The van der Waals surface area contributed by atoms with Crippen LogP contribution in [0.3, 0.4) is 0 Å². The van der Waals surface area contributed by atoms with Crippen molar-refractivity contribution < 1.29 is 0 Å². The molecule has 2 nitrogen and oxygen atoms in total. The maximum Gasteiger partial charge on any atom is 0.0404 e. The molecule has 0 fully saturated rings. The number of hydrogen-bond acceptors (Lipinski definition) is 2. The predicted octanol–water partition coefficient (Wildman–Crippen LogP) is 4.52. The zero-order valence-electron chi connectivity index (χ0n) is 13.0. The van der Waals surface area contributed by atoms with Crippen LogP contribution >= 0.6 is 0 Å². The molecule has 0 saturated heterocycles. The number of pyridine rings is 1. The number of aromatic nitrogens is 1. The van der Waals surface area contributed by atoms with Crippen LogP contribution in [0, 0.1) is 0 Å². The van der Waals surface area contributed by atoms with E-state index in [1.165, 1.54) is 44.2 Å². The molecule has 0 aliphatic heterocycles. The standard InChI is InChI=1S/C18H30N2/c1-3-5-6-7-8-11-17(19-15-4-2)13-14-18-12-9-10-16-20-18/h3,9-10,12,16-17,19H,1,4-8,11,13-15H2,2H3. The Morgan fingerprint density at radius 3 is 2.85 bits per heavy atom. The summed E-state index contributed by atoms with van der Waals surface area (Å²) in [6.45, 7) is 7.13. The molecule has 1 unspecified atom stereocenters. The van der Waals surface area contributed by atoms with Gasteiger partial charge in [0, 0.05) is 17.9 Å². The van der Waals surface area contributed by atoms with Crippen LogP contribution in [0.2, 0.25) is 0 Å². The summed E-state index contributed by atoms with van der Waals surface area (Å²) in [5.74, 6) is 0. The van der Waals surface area contributed by atoms with Crippen LogP contribution in [0.15, 0.2) is 37.1 Å². The van der Waals surface area contributed by atoms with Crippen LogP contribution in [0.4, 0.5) is 0 Å². The van der Waals surface area contributed by atoms with Crippen molar-refractivity contribution in [3.05, 3.63) is 42.7 Å². The van der Waals surface area contributed by atoms with E-state index in [1.54, 1.807) is 0 Å². The molecule has 112 valence electrons. The van der Waals surface area contributed by atoms with Gasteiger partial charge in [-0.25, -0.2) is 0 Å². The summed E-state index contributed by atoms with van der Waals surface area (Å²) in [7, 11) is 0. The van der Waals surface area contributed by atoms with E-state index in [-0.39, 0.29) is 0 Å². The Labute approximate surface area is 124 Å². The summed E-state index contributed by atoms with van der Waals surface area (Å²) in [6, 6.07) is 6.82. The topological polar surface area (TPSA) is 24.9 Å². The van der Waals surface area contributed by atoms with Crippen LogP contribution in [0.5, 0.6) is 0 Å². The Bertz CT molecular complexity index is 335. The van der Waals surface area contributed by atoms with Gasteiger partial charge in [0.15, 0.2) is 0 Å². The largest absolute Gasteiger partial charge is 0.314 e. The second-order valence-electron chi connectivity index (χ2n) is 5.44. The van der Waals surface area contributed by atoms with Crippen molar-refractivity contribution >= 4 is 0 Å². The first-order chi connectivity index (χ1) is 9.86. The van der Waals surface area contributed by atoms with E-state index >= 15 is 0 Å². The number of aryl methyl sites for hydroxylation is 1. The monoisotopic (exact) mass is 274 g/mol. The molecule has 1 rings (SSSR count). The number of rotatable bonds is 12. The minimum atomic E-state index is 0.640. The Balaban J connectivity index is 2.25. The third kappa shape index (κ3) is 8.11. The molecule has 1 aromatic heterocycles. The summed E-state index contributed by atoms with van der Waals surface area (Å²) >= 11 is 0. The van der Waals surface area contributed by atoms with Gasteiger partial charge in [-0.1, -0.05) is 31.9 Å². The average molecular weight is 274 g/mol. The summed E-state index contributed by atoms with van der Waals surface area (Å²) < 4.78 is 0. The van der Waals surface area contributed by atoms with E-state index in [9.17, 15) is 0 Å². The number of unbranched alkanes of at least 4 members (excludes halogenated alkanes) is 3. The second-order valence-corrected chi connectivity index (χ2v) is 5.44. The predicted molar refractivity (Wildman–Crippen MR) is 87.9 cm³/mol. The highest BCUT2D eigenvalue weighted by Crippen LogP contribution is 2.11. The van der Waals surface area contributed by atoms with Gasteiger partial charge >= 0.3 is 0 Å². The quantitative estimate of drug-likeness (QED) is 0.448. The number of nitrogens with one attached hydrogen (secondary N) is 1. The first-order valence-corrected chi connectivity index (χ1v) is 8.11. The minimum Gasteiger partial charge on any atom is -0.314 e. The highest BCUT2D eigenvalue weighted by Gasteiger charge is 2.08. The van der Waals surface area contributed by atoms with Gasteiger partial charge in [0.05, 0.1) is 0 Å². The van der Waals surface area contributed by atoms with Crippen molar-refractivity contribution in [1.29, 1.82) is 0 Å². The molecule has 0 aromatic carbocycles. The van der Waals surface area contributed by atoms with Crippen LogP contribution in [0.1, 0.15) is 57.6 Å². The molecule has 0 radical (unpaired) electrons. The third-order valence-corrected chi connectivity index (χ3v) is 3.62. The van der Waals surface area contributed by atoms with Crippen molar-refractivity contribution in [2.75, 3.05) is 6.54 Å². The van der Waals surface area contributed by atoms with Gasteiger partial charge in [0.1, 0.15) is 0 Å². The van der Waals surface area contributed by atoms with Crippen molar-refractivity contribution in [3.63, 3.8) is 0 Å². The first kappa shape index (κ1) is 16.9. The third-order valence-electron chi connectivity index (χ3n) is 3.62. The van der Waals surface area contributed by atoms with Gasteiger partial charge in [-0.15, -0.1) is 6.58 Å². The lowest BCUT2D eigenvalue weighted by molar-refractivity contribution is 0.432. The van der Waals surface area contributed by atoms with Gasteiger partial charge in [-0.2, -0.15) is 0 Å². The smallest absolute Gasteiger partial charge is 0.0404 e. The fraction of sp³-hybridized carbons (Fsp3) is 0.611. The van der Waals surface area contributed by atoms with Crippen molar-refractivity contribution in [3.8, 4) is 0 Å². The molecule has 0 amide bonds. The second kappa shape index (κ2) is 11.7. The maximum absolute atomic E-state index is 4.41. The molecule has 0 saturated carbocycles. The molecule has 0 spiro atoms. The van der Waals surface area contributed by atoms with Gasteiger partial charge in [0.25, 0.3) is 0 Å². The number of nitrogens with zero attached hydrogens (tertiary/aromatic N) is 1. The Morgan fingerprint density at radius 2 is 2.15 bits per heavy atom. The molecule has 1 N–H and O–H groups in total. The lowest BCUT2D eigenvalue weighted by Gasteiger charge is -2.18. The van der Waals surface area contributed by atoms with Gasteiger partial charge < -0.3 is 5.32 Å². The van der Waals surface area contributed by atoms with Crippen LogP contribution in [-0.4, -0.2) is 17.6 Å². The first-order valence-electron chi connectivity index (χ1n) is 8.11. The molecule has 20 heavy (non-hydrogen) atoms. The van der Waals surface area contributed by atoms with Crippen LogP contribution in [0.25, 0.3) is 0 Å². The Morgan fingerprint density at radius 1 is 1.25 bits per heavy atom. The van der Waals surface area contributed by atoms with Crippen molar-refractivity contribution in [2.45, 2.75) is 64.3 Å². The molecule has 0 aliphatic rings. The summed E-state index contributed by atoms with van der Waals surface area (Å²) in [5, 5.41) is 3.68. The van der Waals surface area contributed by atoms with E-state index in [4.69, 9.17) is 0 Å². The molecular weight excluding hydrogens is 244 g/mol. The van der Waals surface area contributed by atoms with E-state index < -0.39 is 0 Å². The lowest BCUT2D eigenvalue weighted by Crippen LogP contribution is -2.30. The molecule has 2 heteroatoms. The number of hydrogen-bond donors (Lipinski definition) is 1. The lowest BCUT2D eigenvalue weighted by atomic mass is 10.0. The Kier molecular flexibility index (Phi) is 9.85. The molecular formula is C18H30N2. The van der Waals surface area contributed by atoms with E-state index in [2.05, 4.69) is 35.9 Å². The summed E-state index contributed by atoms with van der Waals surface area (Å²) in [5.41, 5.74) is 1.21. The van der Waals surface area contributed by atoms with Gasteiger partial charge in [0.2, 0.25) is 0 Å². The highest BCUT2D eigenvalue weighted by molar-refractivity contribution is 5.03. The average Bonchev–Trinajstić information content (AvgIpc) is 2.50. The zero-order chi connectivity index (χ0) is 14.5. The minimum absolute atomic E-state index is 0.640. The molecule has 1 heterocycles. The van der Waals surface area contributed by atoms with E-state index in [1.807, 2.05) is 18.3 Å². The maximum atomic E-state index is 4.41. The van der Waals surface area contributed by atoms with Crippen molar-refractivity contribution in [1.82, 2.24) is 10.3 Å². The molecule has 0 aliphatic carbocycles. The van der Waals surface area contributed by atoms with E-state index in [0.717, 1.165) is 19.4 Å². The normalized spacial score (nSPS) is 12.2. The molecule has 1 aromatic rings. The molecule has 0 bridgehead atoms. The van der Waals surface area contributed by atoms with Gasteiger partial charge in [-0.3, -0.25) is 4.98 Å². The zero-order valence-corrected chi connectivity index (χ0v) is 13.0. The fourth-order valence-corrected chi connectivity index (χ4v) is 2.42. The summed E-state index contributed by atoms with van der Waals surface area (Å²) in [4.78, 5) is 4.41. The highest BCUT2D eigenvalue weighted by atomic mass is 14.9. The summed E-state index contributed by atoms with van der Waals surface area (Å²) in [6.07, 6.45) is 13.7. The van der Waals surface area contributed by atoms with Crippen LogP contribution in [-0.2, 0) is 6.42 Å². The van der Waals surface area contributed by atoms with E-state index in [0.29, 0.717) is 6.04 Å². The molecule has 1 atom stereocenters.